The van der Waals surface area contributed by atoms with E-state index in [1.165, 1.54) is 5.56 Å². The minimum Gasteiger partial charge on any atom is -0.399 e. The molecule has 0 spiro atoms. The van der Waals surface area contributed by atoms with Crippen molar-refractivity contribution < 1.29 is 0 Å². The molecule has 2 rings (SSSR count). The number of nitrogens with two attached hydrogens (primary N) is 1. The standard InChI is InChI=1S/C16H15N/c1-12-5-3-4-6-15(12)9-7-14-8-10-16(17)13(2)11-14/h3-6,8,10-11H,17H2,1-2H3. The average Bonchev–Trinajstić information content (AvgIpc) is 2.32. The highest BCUT2D eigenvalue weighted by Crippen LogP contribution is 2.12. The van der Waals surface area contributed by atoms with Gasteiger partial charge in [0.05, 0.1) is 0 Å². The van der Waals surface area contributed by atoms with Gasteiger partial charge in [0.1, 0.15) is 0 Å². The monoisotopic (exact) mass is 221 g/mol. The third-order valence-corrected chi connectivity index (χ3v) is 2.76. The van der Waals surface area contributed by atoms with Crippen LogP contribution in [0.15, 0.2) is 42.5 Å². The van der Waals surface area contributed by atoms with Gasteiger partial charge in [0, 0.05) is 16.8 Å². The first-order valence-corrected chi connectivity index (χ1v) is 5.60. The molecule has 1 heteroatoms. The maximum atomic E-state index is 5.77. The number of aryl methyl sites for hydroxylation is 2. The van der Waals surface area contributed by atoms with E-state index < -0.39 is 0 Å². The van der Waals surface area contributed by atoms with Gasteiger partial charge in [-0.3, -0.25) is 0 Å². The van der Waals surface area contributed by atoms with Gasteiger partial charge in [0.15, 0.2) is 0 Å². The van der Waals surface area contributed by atoms with E-state index >= 15 is 0 Å². The fourth-order valence-electron chi connectivity index (χ4n) is 1.61. The van der Waals surface area contributed by atoms with Gasteiger partial charge in [-0.05, 0) is 49.2 Å². The Morgan fingerprint density at radius 3 is 2.35 bits per heavy atom. The molecule has 0 radical (unpaired) electrons. The van der Waals surface area contributed by atoms with Crippen LogP contribution in [0.25, 0.3) is 0 Å². The molecule has 0 aliphatic carbocycles. The molecule has 0 saturated carbocycles. The molecule has 0 fully saturated rings. The van der Waals surface area contributed by atoms with Crippen LogP contribution in [0, 0.1) is 25.7 Å². The number of anilines is 1. The summed E-state index contributed by atoms with van der Waals surface area (Å²) in [5.74, 6) is 6.35. The van der Waals surface area contributed by atoms with Gasteiger partial charge in [0.25, 0.3) is 0 Å². The molecule has 0 unspecified atom stereocenters. The summed E-state index contributed by atoms with van der Waals surface area (Å²) >= 11 is 0. The second-order valence-electron chi connectivity index (χ2n) is 4.14. The topological polar surface area (TPSA) is 26.0 Å². The van der Waals surface area contributed by atoms with Crippen molar-refractivity contribution in [1.29, 1.82) is 0 Å². The highest BCUT2D eigenvalue weighted by molar-refractivity contribution is 5.53. The summed E-state index contributed by atoms with van der Waals surface area (Å²) in [6, 6.07) is 14.0. The average molecular weight is 221 g/mol. The molecule has 84 valence electrons. The van der Waals surface area contributed by atoms with E-state index in [9.17, 15) is 0 Å². The first-order valence-electron chi connectivity index (χ1n) is 5.60. The van der Waals surface area contributed by atoms with Crippen molar-refractivity contribution in [2.75, 3.05) is 5.73 Å². The Morgan fingerprint density at radius 1 is 0.882 bits per heavy atom. The fraction of sp³-hybridized carbons (Fsp3) is 0.125. The molecule has 0 aliphatic rings. The van der Waals surface area contributed by atoms with Gasteiger partial charge in [0.2, 0.25) is 0 Å². The summed E-state index contributed by atoms with van der Waals surface area (Å²) in [7, 11) is 0. The Bertz CT molecular complexity index is 600. The Labute approximate surface area is 102 Å². The maximum Gasteiger partial charge on any atom is 0.0344 e. The van der Waals surface area contributed by atoms with Crippen molar-refractivity contribution in [3.8, 4) is 11.8 Å². The van der Waals surface area contributed by atoms with Crippen LogP contribution in [0.2, 0.25) is 0 Å². The van der Waals surface area contributed by atoms with Gasteiger partial charge in [-0.15, -0.1) is 0 Å². The van der Waals surface area contributed by atoms with E-state index in [0.717, 1.165) is 22.4 Å². The third-order valence-electron chi connectivity index (χ3n) is 2.76. The van der Waals surface area contributed by atoms with Crippen LogP contribution in [0.3, 0.4) is 0 Å². The molecule has 2 aromatic rings. The lowest BCUT2D eigenvalue weighted by atomic mass is 10.1. The largest absolute Gasteiger partial charge is 0.399 e. The summed E-state index contributed by atoms with van der Waals surface area (Å²) < 4.78 is 0. The van der Waals surface area contributed by atoms with Crippen molar-refractivity contribution >= 4 is 5.69 Å². The summed E-state index contributed by atoms with van der Waals surface area (Å²) in [5.41, 5.74) is 10.9. The highest BCUT2D eigenvalue weighted by atomic mass is 14.5. The summed E-state index contributed by atoms with van der Waals surface area (Å²) in [4.78, 5) is 0. The minimum atomic E-state index is 0.812. The lowest BCUT2D eigenvalue weighted by Crippen LogP contribution is -1.89. The van der Waals surface area contributed by atoms with Gasteiger partial charge in [-0.25, -0.2) is 0 Å². The molecular weight excluding hydrogens is 206 g/mol. The SMILES string of the molecule is Cc1cc(C#Cc2ccccc2C)ccc1N. The molecule has 0 aliphatic heterocycles. The smallest absolute Gasteiger partial charge is 0.0344 e. The Morgan fingerprint density at radius 2 is 1.65 bits per heavy atom. The molecule has 0 bridgehead atoms. The summed E-state index contributed by atoms with van der Waals surface area (Å²) in [5, 5.41) is 0. The molecule has 0 amide bonds. The lowest BCUT2D eigenvalue weighted by Gasteiger charge is -1.99. The van der Waals surface area contributed by atoms with E-state index in [-0.39, 0.29) is 0 Å². The molecule has 17 heavy (non-hydrogen) atoms. The first-order chi connectivity index (χ1) is 8.16. The Balaban J connectivity index is 2.33. The second kappa shape index (κ2) is 4.76. The Kier molecular flexibility index (Phi) is 3.16. The van der Waals surface area contributed by atoms with Crippen molar-refractivity contribution in [1.82, 2.24) is 0 Å². The van der Waals surface area contributed by atoms with Gasteiger partial charge < -0.3 is 5.73 Å². The van der Waals surface area contributed by atoms with Crippen LogP contribution in [0.4, 0.5) is 5.69 Å². The normalized spacial score (nSPS) is 9.53. The van der Waals surface area contributed by atoms with Crippen LogP contribution < -0.4 is 5.73 Å². The van der Waals surface area contributed by atoms with Crippen molar-refractivity contribution in [3.63, 3.8) is 0 Å². The van der Waals surface area contributed by atoms with Crippen LogP contribution in [-0.2, 0) is 0 Å². The molecule has 0 atom stereocenters. The molecule has 0 heterocycles. The molecular formula is C16H15N. The van der Waals surface area contributed by atoms with E-state index in [0.29, 0.717) is 0 Å². The van der Waals surface area contributed by atoms with Crippen LogP contribution >= 0.6 is 0 Å². The fourth-order valence-corrected chi connectivity index (χ4v) is 1.61. The summed E-state index contributed by atoms with van der Waals surface area (Å²) in [6.45, 7) is 4.06. The number of hydrogen-bond acceptors (Lipinski definition) is 1. The minimum absolute atomic E-state index is 0.812. The quantitative estimate of drug-likeness (QED) is 0.536. The first kappa shape index (κ1) is 11.3. The second-order valence-corrected chi connectivity index (χ2v) is 4.14. The highest BCUT2D eigenvalue weighted by Gasteiger charge is 1.94. The van der Waals surface area contributed by atoms with Crippen molar-refractivity contribution in [2.24, 2.45) is 0 Å². The van der Waals surface area contributed by atoms with Gasteiger partial charge in [-0.2, -0.15) is 0 Å². The zero-order valence-corrected chi connectivity index (χ0v) is 10.1. The van der Waals surface area contributed by atoms with Gasteiger partial charge in [-0.1, -0.05) is 30.0 Å². The molecule has 2 aromatic carbocycles. The van der Waals surface area contributed by atoms with Crippen molar-refractivity contribution in [2.45, 2.75) is 13.8 Å². The predicted molar refractivity (Wildman–Crippen MR) is 72.8 cm³/mol. The number of hydrogen-bond donors (Lipinski definition) is 1. The number of nitrogen functional groups attached to an aromatic ring is 1. The molecule has 0 saturated heterocycles. The van der Waals surface area contributed by atoms with E-state index in [2.05, 4.69) is 24.8 Å². The number of rotatable bonds is 0. The predicted octanol–water partition coefficient (Wildman–Crippen LogP) is 3.29. The summed E-state index contributed by atoms with van der Waals surface area (Å²) in [6.07, 6.45) is 0. The zero-order valence-electron chi connectivity index (χ0n) is 10.1. The van der Waals surface area contributed by atoms with Crippen molar-refractivity contribution in [3.05, 3.63) is 64.7 Å². The maximum absolute atomic E-state index is 5.77. The van der Waals surface area contributed by atoms with E-state index in [1.807, 2.05) is 43.3 Å². The van der Waals surface area contributed by atoms with Crippen LogP contribution in [0.1, 0.15) is 22.3 Å². The lowest BCUT2D eigenvalue weighted by molar-refractivity contribution is 1.43. The third kappa shape index (κ3) is 2.68. The molecule has 1 nitrogen and oxygen atoms in total. The van der Waals surface area contributed by atoms with Crippen LogP contribution in [0.5, 0.6) is 0 Å². The van der Waals surface area contributed by atoms with E-state index in [4.69, 9.17) is 5.73 Å². The van der Waals surface area contributed by atoms with Gasteiger partial charge >= 0.3 is 0 Å². The molecule has 2 N–H and O–H groups in total. The van der Waals surface area contributed by atoms with Crippen LogP contribution in [-0.4, -0.2) is 0 Å². The Hall–Kier alpha value is -2.20. The zero-order chi connectivity index (χ0) is 12.3. The molecule has 0 aromatic heterocycles. The number of benzene rings is 2. The van der Waals surface area contributed by atoms with E-state index in [1.54, 1.807) is 0 Å².